The number of terminal acetylenes is 1. The molecule has 1 aliphatic carbocycles. The minimum absolute atomic E-state index is 0. The van der Waals surface area contributed by atoms with Crippen molar-refractivity contribution in [2.45, 2.75) is 25.3 Å². The van der Waals surface area contributed by atoms with Gasteiger partial charge in [-0.15, -0.1) is 18.8 Å². The summed E-state index contributed by atoms with van der Waals surface area (Å²) in [7, 11) is 2.15. The predicted octanol–water partition coefficient (Wildman–Crippen LogP) is 1.12. The molecule has 1 atom stereocenters. The number of hydrogen-bond acceptors (Lipinski definition) is 2. The fourth-order valence-electron chi connectivity index (χ4n) is 2.67. The Bertz CT molecular complexity index is 228. The zero-order valence-electron chi connectivity index (χ0n) is 8.75. The Balaban J connectivity index is 0.000000980. The largest absolute Gasteiger partial charge is 0.317 e. The second kappa shape index (κ2) is 4.53. The molecule has 1 aliphatic heterocycles. The smallest absolute Gasteiger partial charge is 0.0599 e. The van der Waals surface area contributed by atoms with Crippen molar-refractivity contribution in [1.82, 2.24) is 10.2 Å². The lowest BCUT2D eigenvalue weighted by Gasteiger charge is -2.26. The minimum atomic E-state index is 0. The predicted molar refractivity (Wildman–Crippen MR) is 61.7 cm³/mol. The van der Waals surface area contributed by atoms with Gasteiger partial charge in [-0.3, -0.25) is 4.90 Å². The molecule has 80 valence electrons. The van der Waals surface area contributed by atoms with Crippen molar-refractivity contribution in [1.29, 1.82) is 0 Å². The van der Waals surface area contributed by atoms with Crippen LogP contribution in [0.3, 0.4) is 0 Å². The highest BCUT2D eigenvalue weighted by atomic mass is 35.5. The monoisotopic (exact) mass is 214 g/mol. The Hall–Kier alpha value is -0.230. The summed E-state index contributed by atoms with van der Waals surface area (Å²) in [5, 5.41) is 3.41. The molecule has 0 aromatic rings. The van der Waals surface area contributed by atoms with Crippen LogP contribution in [-0.2, 0) is 0 Å². The van der Waals surface area contributed by atoms with Gasteiger partial charge < -0.3 is 5.32 Å². The van der Waals surface area contributed by atoms with Gasteiger partial charge in [-0.05, 0) is 44.8 Å². The van der Waals surface area contributed by atoms with E-state index in [1.54, 1.807) is 0 Å². The van der Waals surface area contributed by atoms with Gasteiger partial charge in [0.1, 0.15) is 0 Å². The van der Waals surface area contributed by atoms with Crippen LogP contribution >= 0.6 is 12.4 Å². The highest BCUT2D eigenvalue weighted by Gasteiger charge is 2.55. The number of halogens is 1. The Kier molecular flexibility index (Phi) is 3.83. The molecule has 14 heavy (non-hydrogen) atoms. The molecule has 0 bridgehead atoms. The van der Waals surface area contributed by atoms with Crippen molar-refractivity contribution in [3.63, 3.8) is 0 Å². The standard InChI is InChI=1S/C11H18N2.ClH/c1-3-8-13(2)10-9-11(10)4-6-12-7-5-11;/h1,10,12H,4-9H2,2H3;1H. The van der Waals surface area contributed by atoms with E-state index in [4.69, 9.17) is 6.42 Å². The van der Waals surface area contributed by atoms with Crippen LogP contribution in [0.25, 0.3) is 0 Å². The van der Waals surface area contributed by atoms with Crippen LogP contribution in [0, 0.1) is 17.8 Å². The molecule has 0 aromatic heterocycles. The van der Waals surface area contributed by atoms with Crippen LogP contribution in [0.4, 0.5) is 0 Å². The highest BCUT2D eigenvalue weighted by Crippen LogP contribution is 2.55. The summed E-state index contributed by atoms with van der Waals surface area (Å²) < 4.78 is 0. The number of rotatable bonds is 2. The first-order valence-corrected chi connectivity index (χ1v) is 5.13. The van der Waals surface area contributed by atoms with Gasteiger partial charge >= 0.3 is 0 Å². The molecule has 1 saturated heterocycles. The molecule has 1 unspecified atom stereocenters. The van der Waals surface area contributed by atoms with Crippen molar-refractivity contribution < 1.29 is 0 Å². The summed E-state index contributed by atoms with van der Waals surface area (Å²) in [6.07, 6.45) is 9.36. The van der Waals surface area contributed by atoms with E-state index >= 15 is 0 Å². The van der Waals surface area contributed by atoms with Gasteiger partial charge in [-0.1, -0.05) is 5.92 Å². The molecular weight excluding hydrogens is 196 g/mol. The van der Waals surface area contributed by atoms with E-state index in [0.29, 0.717) is 5.41 Å². The molecule has 3 heteroatoms. The van der Waals surface area contributed by atoms with E-state index in [-0.39, 0.29) is 12.4 Å². The van der Waals surface area contributed by atoms with E-state index < -0.39 is 0 Å². The molecule has 1 heterocycles. The Labute approximate surface area is 92.8 Å². The Morgan fingerprint density at radius 3 is 2.71 bits per heavy atom. The van der Waals surface area contributed by atoms with Gasteiger partial charge in [0, 0.05) is 6.04 Å². The molecular formula is C11H19ClN2. The summed E-state index contributed by atoms with van der Waals surface area (Å²) in [5.74, 6) is 2.72. The third-order valence-corrected chi connectivity index (χ3v) is 3.62. The maximum Gasteiger partial charge on any atom is 0.0599 e. The Morgan fingerprint density at radius 2 is 2.14 bits per heavy atom. The summed E-state index contributed by atoms with van der Waals surface area (Å²) in [5.41, 5.74) is 0.636. The second-order valence-electron chi connectivity index (χ2n) is 4.45. The average Bonchev–Trinajstić information content (AvgIpc) is 2.81. The summed E-state index contributed by atoms with van der Waals surface area (Å²) in [4.78, 5) is 2.34. The lowest BCUT2D eigenvalue weighted by Crippen LogP contribution is -2.34. The van der Waals surface area contributed by atoms with Crippen LogP contribution in [0.15, 0.2) is 0 Å². The number of piperidine rings is 1. The van der Waals surface area contributed by atoms with Crippen molar-refractivity contribution in [3.05, 3.63) is 0 Å². The zero-order chi connectivity index (χ0) is 9.31. The number of nitrogens with zero attached hydrogens (tertiary/aromatic N) is 1. The Morgan fingerprint density at radius 1 is 1.50 bits per heavy atom. The number of nitrogens with one attached hydrogen (secondary N) is 1. The normalized spacial score (nSPS) is 28.2. The second-order valence-corrected chi connectivity index (χ2v) is 4.45. The van der Waals surface area contributed by atoms with Crippen LogP contribution in [0.1, 0.15) is 19.3 Å². The van der Waals surface area contributed by atoms with Crippen molar-refractivity contribution in [3.8, 4) is 12.3 Å². The van der Waals surface area contributed by atoms with E-state index in [9.17, 15) is 0 Å². The van der Waals surface area contributed by atoms with Crippen molar-refractivity contribution >= 4 is 12.4 Å². The fourth-order valence-corrected chi connectivity index (χ4v) is 2.67. The molecule has 1 N–H and O–H groups in total. The SMILES string of the molecule is C#CCN(C)C1CC12CCNCC2.Cl. The molecule has 0 aromatic carbocycles. The van der Waals surface area contributed by atoms with Gasteiger partial charge in [0.15, 0.2) is 0 Å². The molecule has 0 amide bonds. The topological polar surface area (TPSA) is 15.3 Å². The third-order valence-electron chi connectivity index (χ3n) is 3.62. The van der Waals surface area contributed by atoms with E-state index in [2.05, 4.69) is 23.2 Å². The summed E-state index contributed by atoms with van der Waals surface area (Å²) in [6.45, 7) is 3.20. The van der Waals surface area contributed by atoms with Crippen LogP contribution in [-0.4, -0.2) is 37.6 Å². The van der Waals surface area contributed by atoms with Gasteiger partial charge in [0.25, 0.3) is 0 Å². The van der Waals surface area contributed by atoms with E-state index in [1.807, 2.05) is 0 Å². The van der Waals surface area contributed by atoms with Gasteiger partial charge in [0.2, 0.25) is 0 Å². The molecule has 2 aliphatic rings. The first-order chi connectivity index (χ1) is 6.28. The van der Waals surface area contributed by atoms with Crippen molar-refractivity contribution in [2.24, 2.45) is 5.41 Å². The lowest BCUT2D eigenvalue weighted by atomic mass is 9.93. The maximum absolute atomic E-state index is 5.31. The van der Waals surface area contributed by atoms with Crippen LogP contribution in [0.2, 0.25) is 0 Å². The lowest BCUT2D eigenvalue weighted by molar-refractivity contribution is 0.254. The third kappa shape index (κ3) is 2.06. The molecule has 2 fully saturated rings. The molecule has 0 radical (unpaired) electrons. The van der Waals surface area contributed by atoms with E-state index in [0.717, 1.165) is 12.6 Å². The molecule has 1 spiro atoms. The first kappa shape index (κ1) is 11.8. The summed E-state index contributed by atoms with van der Waals surface area (Å²) in [6, 6.07) is 0.769. The van der Waals surface area contributed by atoms with E-state index in [1.165, 1.54) is 32.4 Å². The molecule has 2 rings (SSSR count). The van der Waals surface area contributed by atoms with Gasteiger partial charge in [-0.2, -0.15) is 0 Å². The number of hydrogen-bond donors (Lipinski definition) is 1. The fraction of sp³-hybridized carbons (Fsp3) is 0.818. The first-order valence-electron chi connectivity index (χ1n) is 5.13. The van der Waals surface area contributed by atoms with Crippen LogP contribution in [0.5, 0.6) is 0 Å². The average molecular weight is 215 g/mol. The quantitative estimate of drug-likeness (QED) is 0.694. The molecule has 2 nitrogen and oxygen atoms in total. The van der Waals surface area contributed by atoms with Crippen molar-refractivity contribution in [2.75, 3.05) is 26.7 Å². The molecule has 1 saturated carbocycles. The highest BCUT2D eigenvalue weighted by molar-refractivity contribution is 5.85. The van der Waals surface area contributed by atoms with Crippen LogP contribution < -0.4 is 5.32 Å². The van der Waals surface area contributed by atoms with Gasteiger partial charge in [-0.25, -0.2) is 0 Å². The van der Waals surface area contributed by atoms with Gasteiger partial charge in [0.05, 0.1) is 6.54 Å². The maximum atomic E-state index is 5.31. The summed E-state index contributed by atoms with van der Waals surface area (Å²) >= 11 is 0. The minimum Gasteiger partial charge on any atom is -0.317 e. The zero-order valence-corrected chi connectivity index (χ0v) is 9.57.